The number of nitrogens with zero attached hydrogens (tertiary/aromatic N) is 1. The first-order chi connectivity index (χ1) is 8.60. The maximum Gasteiger partial charge on any atom is 0.326 e. The minimum Gasteiger partial charge on any atom is -0.480 e. The van der Waals surface area contributed by atoms with Gasteiger partial charge in [-0.15, -0.1) is 0 Å². The Morgan fingerprint density at radius 3 is 2.78 bits per heavy atom. The van der Waals surface area contributed by atoms with Crippen LogP contribution in [0.15, 0.2) is 0 Å². The molecule has 7 heteroatoms. The highest BCUT2D eigenvalue weighted by Crippen LogP contribution is 2.17. The smallest absolute Gasteiger partial charge is 0.326 e. The summed E-state index contributed by atoms with van der Waals surface area (Å²) in [6.45, 7) is 1.15. The summed E-state index contributed by atoms with van der Waals surface area (Å²) in [4.78, 5) is 24.1. The van der Waals surface area contributed by atoms with Crippen LogP contribution in [-0.2, 0) is 14.3 Å². The molecule has 1 heterocycles. The second-order valence-corrected chi connectivity index (χ2v) is 4.19. The monoisotopic (exact) mass is 260 g/mol. The zero-order valence-electron chi connectivity index (χ0n) is 10.7. The number of carbonyl (C=O) groups is 2. The molecule has 1 fully saturated rings. The molecule has 1 aliphatic rings. The Kier molecular flexibility index (Phi) is 5.87. The summed E-state index contributed by atoms with van der Waals surface area (Å²) in [5.74, 6) is -0.956. The van der Waals surface area contributed by atoms with E-state index in [4.69, 9.17) is 14.6 Å². The average Bonchev–Trinajstić information content (AvgIpc) is 2.83. The molecule has 0 radical (unpaired) electrons. The van der Waals surface area contributed by atoms with Gasteiger partial charge in [-0.25, -0.2) is 9.59 Å². The third-order valence-corrected chi connectivity index (χ3v) is 2.97. The van der Waals surface area contributed by atoms with Gasteiger partial charge in [-0.05, 0) is 12.8 Å². The molecule has 0 aromatic heterocycles. The lowest BCUT2D eigenvalue weighted by molar-refractivity contribution is -0.141. The fourth-order valence-corrected chi connectivity index (χ4v) is 1.97. The fourth-order valence-electron chi connectivity index (χ4n) is 1.97. The van der Waals surface area contributed by atoms with Crippen molar-refractivity contribution in [2.45, 2.75) is 25.0 Å². The van der Waals surface area contributed by atoms with E-state index in [9.17, 15) is 9.59 Å². The first-order valence-corrected chi connectivity index (χ1v) is 5.89. The van der Waals surface area contributed by atoms with E-state index < -0.39 is 12.0 Å². The molecule has 7 nitrogen and oxygen atoms in total. The zero-order chi connectivity index (χ0) is 13.5. The first-order valence-electron chi connectivity index (χ1n) is 5.89. The van der Waals surface area contributed by atoms with Gasteiger partial charge in [0, 0.05) is 27.3 Å². The molecule has 1 aliphatic heterocycles. The third kappa shape index (κ3) is 3.85. The van der Waals surface area contributed by atoms with Crippen molar-refractivity contribution in [3.05, 3.63) is 0 Å². The van der Waals surface area contributed by atoms with Crippen LogP contribution in [0.4, 0.5) is 4.79 Å². The molecular formula is C11H20N2O5. The molecular weight excluding hydrogens is 240 g/mol. The van der Waals surface area contributed by atoms with Crippen molar-refractivity contribution in [3.63, 3.8) is 0 Å². The number of aliphatic carboxylic acids is 1. The van der Waals surface area contributed by atoms with Crippen molar-refractivity contribution in [2.24, 2.45) is 0 Å². The van der Waals surface area contributed by atoms with Gasteiger partial charge in [0.25, 0.3) is 0 Å². The molecule has 0 aromatic rings. The SMILES string of the molecule is COCC(CNC(=O)N1CCCC1C(=O)O)OC. The van der Waals surface area contributed by atoms with Gasteiger partial charge in [-0.2, -0.15) is 0 Å². The largest absolute Gasteiger partial charge is 0.480 e. The van der Waals surface area contributed by atoms with Crippen molar-refractivity contribution in [2.75, 3.05) is 33.9 Å². The zero-order valence-corrected chi connectivity index (χ0v) is 10.7. The second-order valence-electron chi connectivity index (χ2n) is 4.19. The van der Waals surface area contributed by atoms with Gasteiger partial charge in [0.1, 0.15) is 6.04 Å². The van der Waals surface area contributed by atoms with Gasteiger partial charge in [0.05, 0.1) is 12.7 Å². The Balaban J connectivity index is 2.42. The van der Waals surface area contributed by atoms with E-state index in [0.717, 1.165) is 6.42 Å². The maximum atomic E-state index is 11.8. The Bertz CT molecular complexity index is 297. The molecule has 2 amide bonds. The first kappa shape index (κ1) is 14.7. The van der Waals surface area contributed by atoms with Crippen molar-refractivity contribution < 1.29 is 24.2 Å². The van der Waals surface area contributed by atoms with Gasteiger partial charge in [-0.3, -0.25) is 0 Å². The summed E-state index contributed by atoms with van der Waals surface area (Å²) in [6.07, 6.45) is 0.995. The number of carbonyl (C=O) groups excluding carboxylic acids is 1. The third-order valence-electron chi connectivity index (χ3n) is 2.97. The summed E-state index contributed by atoms with van der Waals surface area (Å²) in [6, 6.07) is -1.08. The lowest BCUT2D eigenvalue weighted by Gasteiger charge is -2.23. The minimum atomic E-state index is -0.956. The van der Waals surface area contributed by atoms with E-state index in [1.54, 1.807) is 7.11 Å². The Morgan fingerprint density at radius 1 is 1.50 bits per heavy atom. The van der Waals surface area contributed by atoms with E-state index in [0.29, 0.717) is 26.1 Å². The predicted octanol–water partition coefficient (Wildman–Crippen LogP) is -0.0936. The summed E-state index contributed by atoms with van der Waals surface area (Å²) < 4.78 is 10.0. The Morgan fingerprint density at radius 2 is 2.22 bits per heavy atom. The number of hydrogen-bond acceptors (Lipinski definition) is 4. The predicted molar refractivity (Wildman–Crippen MR) is 63.4 cm³/mol. The molecule has 2 N–H and O–H groups in total. The van der Waals surface area contributed by atoms with E-state index in [1.165, 1.54) is 12.0 Å². The van der Waals surface area contributed by atoms with Gasteiger partial charge in [0.2, 0.25) is 0 Å². The number of amides is 2. The molecule has 2 unspecified atom stereocenters. The molecule has 1 rings (SSSR count). The summed E-state index contributed by atoms with van der Waals surface area (Å²) in [7, 11) is 3.08. The number of ether oxygens (including phenoxy) is 2. The fraction of sp³-hybridized carbons (Fsp3) is 0.818. The number of urea groups is 1. The maximum absolute atomic E-state index is 11.8. The van der Waals surface area contributed by atoms with E-state index in [-0.39, 0.29) is 12.1 Å². The molecule has 104 valence electrons. The van der Waals surface area contributed by atoms with Crippen LogP contribution in [0.1, 0.15) is 12.8 Å². The summed E-state index contributed by atoms with van der Waals surface area (Å²) in [5.41, 5.74) is 0. The number of methoxy groups -OCH3 is 2. The highest BCUT2D eigenvalue weighted by molar-refractivity contribution is 5.83. The van der Waals surface area contributed by atoms with E-state index in [1.807, 2.05) is 0 Å². The normalized spacial score (nSPS) is 20.8. The highest BCUT2D eigenvalue weighted by Gasteiger charge is 2.33. The quantitative estimate of drug-likeness (QED) is 0.696. The van der Waals surface area contributed by atoms with E-state index >= 15 is 0 Å². The van der Waals surface area contributed by atoms with Crippen molar-refractivity contribution in [1.29, 1.82) is 0 Å². The van der Waals surface area contributed by atoms with Crippen LogP contribution in [0.3, 0.4) is 0 Å². The molecule has 2 atom stereocenters. The van der Waals surface area contributed by atoms with Crippen LogP contribution in [-0.4, -0.2) is 68.1 Å². The van der Waals surface area contributed by atoms with Gasteiger partial charge >= 0.3 is 12.0 Å². The Hall–Kier alpha value is -1.34. The number of hydrogen-bond donors (Lipinski definition) is 2. The molecule has 0 saturated carbocycles. The van der Waals surface area contributed by atoms with Crippen molar-refractivity contribution >= 4 is 12.0 Å². The number of nitrogens with one attached hydrogen (secondary N) is 1. The highest BCUT2D eigenvalue weighted by atomic mass is 16.5. The molecule has 0 spiro atoms. The second kappa shape index (κ2) is 7.17. The number of carboxylic acid groups (broad SMARTS) is 1. The average molecular weight is 260 g/mol. The number of likely N-dealkylation sites (tertiary alicyclic amines) is 1. The van der Waals surface area contributed by atoms with E-state index in [2.05, 4.69) is 5.32 Å². The number of carboxylic acids is 1. The van der Waals surface area contributed by atoms with Gasteiger partial charge < -0.3 is 24.8 Å². The van der Waals surface area contributed by atoms with Crippen LogP contribution < -0.4 is 5.32 Å². The molecule has 18 heavy (non-hydrogen) atoms. The summed E-state index contributed by atoms with van der Waals surface area (Å²) >= 11 is 0. The van der Waals surface area contributed by atoms with Crippen LogP contribution >= 0.6 is 0 Å². The van der Waals surface area contributed by atoms with Crippen molar-refractivity contribution in [1.82, 2.24) is 10.2 Å². The van der Waals surface area contributed by atoms with Crippen LogP contribution in [0, 0.1) is 0 Å². The minimum absolute atomic E-state index is 0.232. The lowest BCUT2D eigenvalue weighted by atomic mass is 10.2. The number of rotatable bonds is 6. The van der Waals surface area contributed by atoms with Gasteiger partial charge in [0.15, 0.2) is 0 Å². The molecule has 0 bridgehead atoms. The summed E-state index contributed by atoms with van der Waals surface area (Å²) in [5, 5.41) is 11.6. The van der Waals surface area contributed by atoms with Gasteiger partial charge in [-0.1, -0.05) is 0 Å². The standard InChI is InChI=1S/C11H20N2O5/c1-17-7-8(18-2)6-12-11(16)13-5-3-4-9(13)10(14)15/h8-9H,3-7H2,1-2H3,(H,12,16)(H,14,15). The molecule has 0 aliphatic carbocycles. The van der Waals surface area contributed by atoms with Crippen LogP contribution in [0.2, 0.25) is 0 Å². The molecule has 1 saturated heterocycles. The topological polar surface area (TPSA) is 88.1 Å². The van der Waals surface area contributed by atoms with Crippen LogP contribution in [0.5, 0.6) is 0 Å². The van der Waals surface area contributed by atoms with Crippen LogP contribution in [0.25, 0.3) is 0 Å². The Labute approximate surface area is 106 Å². The van der Waals surface area contributed by atoms with Crippen molar-refractivity contribution in [3.8, 4) is 0 Å². The lowest BCUT2D eigenvalue weighted by Crippen LogP contribution is -2.48. The molecule has 0 aromatic carbocycles.